The van der Waals surface area contributed by atoms with Gasteiger partial charge in [0, 0.05) is 34.4 Å². The Morgan fingerprint density at radius 1 is 1.37 bits per heavy atom. The van der Waals surface area contributed by atoms with Gasteiger partial charge in [-0.05, 0) is 30.7 Å². The second kappa shape index (κ2) is 6.21. The lowest BCUT2D eigenvalue weighted by Gasteiger charge is -2.09. The number of rotatable bonds is 4. The highest BCUT2D eigenvalue weighted by molar-refractivity contribution is 9.10. The van der Waals surface area contributed by atoms with E-state index in [1.165, 1.54) is 12.1 Å². The molecule has 3 nitrogen and oxygen atoms in total. The first kappa shape index (κ1) is 14.1. The minimum absolute atomic E-state index is 0.0852. The van der Waals surface area contributed by atoms with Crippen LogP contribution in [0.1, 0.15) is 19.0 Å². The van der Waals surface area contributed by atoms with Crippen molar-refractivity contribution in [3.63, 3.8) is 0 Å². The summed E-state index contributed by atoms with van der Waals surface area (Å²) in [6.07, 6.45) is 3.27. The molecule has 0 aliphatic heterocycles. The molecule has 0 bridgehead atoms. The number of benzene rings is 1. The fraction of sp³-hybridized carbons (Fsp3) is 0.286. The normalized spacial score (nSPS) is 12.4. The molecule has 19 heavy (non-hydrogen) atoms. The van der Waals surface area contributed by atoms with Crippen LogP contribution in [0.4, 0.5) is 4.39 Å². The second-order valence-electron chi connectivity index (χ2n) is 4.40. The van der Waals surface area contributed by atoms with Crippen molar-refractivity contribution in [1.29, 1.82) is 0 Å². The average molecular weight is 324 g/mol. The molecule has 0 aliphatic rings. The highest BCUT2D eigenvalue weighted by atomic mass is 79.9. The van der Waals surface area contributed by atoms with Crippen LogP contribution in [0.25, 0.3) is 11.4 Å². The van der Waals surface area contributed by atoms with E-state index in [4.69, 9.17) is 5.73 Å². The summed E-state index contributed by atoms with van der Waals surface area (Å²) in [5.74, 6) is 0.199. The van der Waals surface area contributed by atoms with Gasteiger partial charge in [-0.15, -0.1) is 0 Å². The van der Waals surface area contributed by atoms with E-state index < -0.39 is 0 Å². The van der Waals surface area contributed by atoms with Crippen LogP contribution < -0.4 is 5.73 Å². The number of aromatic nitrogens is 2. The Morgan fingerprint density at radius 3 is 2.84 bits per heavy atom. The Hall–Kier alpha value is -1.33. The lowest BCUT2D eigenvalue weighted by Crippen LogP contribution is -2.22. The van der Waals surface area contributed by atoms with Crippen molar-refractivity contribution in [3.05, 3.63) is 46.4 Å². The third-order valence-corrected chi connectivity index (χ3v) is 3.29. The summed E-state index contributed by atoms with van der Waals surface area (Å²) in [5, 5.41) is 0. The molecule has 0 fully saturated rings. The molecule has 100 valence electrons. The molecular formula is C14H15BrFN3. The van der Waals surface area contributed by atoms with Crippen molar-refractivity contribution in [2.75, 3.05) is 0 Å². The summed E-state index contributed by atoms with van der Waals surface area (Å²) in [7, 11) is 0. The van der Waals surface area contributed by atoms with Crippen LogP contribution in [0, 0.1) is 5.82 Å². The summed E-state index contributed by atoms with van der Waals surface area (Å²) in [6, 6.07) is 6.54. The quantitative estimate of drug-likeness (QED) is 0.938. The molecule has 0 radical (unpaired) electrons. The largest absolute Gasteiger partial charge is 0.327 e. The fourth-order valence-electron chi connectivity index (χ4n) is 1.74. The predicted molar refractivity (Wildman–Crippen MR) is 77.1 cm³/mol. The fourth-order valence-corrected chi connectivity index (χ4v) is 2.21. The predicted octanol–water partition coefficient (Wildman–Crippen LogP) is 3.33. The molecule has 1 unspecified atom stereocenters. The summed E-state index contributed by atoms with van der Waals surface area (Å²) < 4.78 is 14.0. The monoisotopic (exact) mass is 323 g/mol. The lowest BCUT2D eigenvalue weighted by atomic mass is 10.1. The van der Waals surface area contributed by atoms with Crippen molar-refractivity contribution >= 4 is 15.9 Å². The van der Waals surface area contributed by atoms with Gasteiger partial charge < -0.3 is 5.73 Å². The SMILES string of the molecule is CCC(N)Cc1ccnc(-c2cc(F)cc(Br)c2)n1. The van der Waals surface area contributed by atoms with Crippen LogP contribution in [-0.2, 0) is 6.42 Å². The molecule has 2 rings (SSSR count). The minimum atomic E-state index is -0.316. The van der Waals surface area contributed by atoms with Gasteiger partial charge in [-0.3, -0.25) is 0 Å². The van der Waals surface area contributed by atoms with Gasteiger partial charge in [0.05, 0.1) is 0 Å². The Morgan fingerprint density at radius 2 is 2.16 bits per heavy atom. The Balaban J connectivity index is 2.32. The van der Waals surface area contributed by atoms with Gasteiger partial charge in [-0.25, -0.2) is 14.4 Å². The van der Waals surface area contributed by atoms with Gasteiger partial charge in [-0.2, -0.15) is 0 Å². The molecule has 1 heterocycles. The van der Waals surface area contributed by atoms with E-state index in [2.05, 4.69) is 25.9 Å². The van der Waals surface area contributed by atoms with E-state index in [0.717, 1.165) is 12.1 Å². The maximum atomic E-state index is 13.4. The van der Waals surface area contributed by atoms with Gasteiger partial charge in [-0.1, -0.05) is 22.9 Å². The van der Waals surface area contributed by atoms with Crippen LogP contribution in [0.5, 0.6) is 0 Å². The molecule has 1 atom stereocenters. The Bertz CT molecular complexity index is 554. The van der Waals surface area contributed by atoms with E-state index in [-0.39, 0.29) is 11.9 Å². The highest BCUT2D eigenvalue weighted by Crippen LogP contribution is 2.22. The van der Waals surface area contributed by atoms with Crippen LogP contribution >= 0.6 is 15.9 Å². The third kappa shape index (κ3) is 3.81. The zero-order valence-electron chi connectivity index (χ0n) is 10.6. The van der Waals surface area contributed by atoms with Crippen LogP contribution in [0.3, 0.4) is 0 Å². The van der Waals surface area contributed by atoms with E-state index >= 15 is 0 Å². The third-order valence-electron chi connectivity index (χ3n) is 2.83. The van der Waals surface area contributed by atoms with Gasteiger partial charge in [0.2, 0.25) is 0 Å². The first-order valence-electron chi connectivity index (χ1n) is 6.12. The van der Waals surface area contributed by atoms with Crippen molar-refractivity contribution in [3.8, 4) is 11.4 Å². The smallest absolute Gasteiger partial charge is 0.159 e. The highest BCUT2D eigenvalue weighted by Gasteiger charge is 2.08. The molecule has 0 saturated heterocycles. The number of halogens is 2. The molecule has 2 N–H and O–H groups in total. The summed E-state index contributed by atoms with van der Waals surface area (Å²) in [5.41, 5.74) is 7.44. The molecule has 2 aromatic rings. The van der Waals surface area contributed by atoms with Gasteiger partial charge in [0.25, 0.3) is 0 Å². The first-order valence-corrected chi connectivity index (χ1v) is 6.91. The topological polar surface area (TPSA) is 51.8 Å². The van der Waals surface area contributed by atoms with E-state index in [1.807, 2.05) is 13.0 Å². The molecular weight excluding hydrogens is 309 g/mol. The second-order valence-corrected chi connectivity index (χ2v) is 5.32. The molecule has 1 aromatic heterocycles. The van der Waals surface area contributed by atoms with Gasteiger partial charge >= 0.3 is 0 Å². The van der Waals surface area contributed by atoms with Crippen molar-refractivity contribution < 1.29 is 4.39 Å². The first-order chi connectivity index (χ1) is 9.08. The zero-order chi connectivity index (χ0) is 13.8. The van der Waals surface area contributed by atoms with Gasteiger partial charge in [0.15, 0.2) is 5.82 Å². The van der Waals surface area contributed by atoms with Crippen LogP contribution in [0.15, 0.2) is 34.9 Å². The number of hydrogen-bond donors (Lipinski definition) is 1. The van der Waals surface area contributed by atoms with E-state index in [1.54, 1.807) is 12.3 Å². The molecule has 0 spiro atoms. The number of nitrogens with zero attached hydrogens (tertiary/aromatic N) is 2. The van der Waals surface area contributed by atoms with Crippen molar-refractivity contribution in [2.24, 2.45) is 5.73 Å². The average Bonchev–Trinajstić information content (AvgIpc) is 2.38. The van der Waals surface area contributed by atoms with E-state index in [0.29, 0.717) is 22.3 Å². The standard InChI is InChI=1S/C14H15BrFN3/c1-2-12(17)8-13-3-4-18-14(19-13)9-5-10(15)7-11(16)6-9/h3-7,12H,2,8,17H2,1H3. The van der Waals surface area contributed by atoms with Crippen molar-refractivity contribution in [1.82, 2.24) is 9.97 Å². The minimum Gasteiger partial charge on any atom is -0.327 e. The Kier molecular flexibility index (Phi) is 4.61. The van der Waals surface area contributed by atoms with Crippen molar-refractivity contribution in [2.45, 2.75) is 25.8 Å². The molecule has 1 aromatic carbocycles. The summed E-state index contributed by atoms with van der Waals surface area (Å²) in [4.78, 5) is 8.62. The molecule has 0 aliphatic carbocycles. The van der Waals surface area contributed by atoms with E-state index in [9.17, 15) is 4.39 Å². The molecule has 0 amide bonds. The van der Waals surface area contributed by atoms with Crippen LogP contribution in [0.2, 0.25) is 0 Å². The zero-order valence-corrected chi connectivity index (χ0v) is 12.2. The molecule has 0 saturated carbocycles. The van der Waals surface area contributed by atoms with Gasteiger partial charge in [0.1, 0.15) is 5.82 Å². The summed E-state index contributed by atoms with van der Waals surface area (Å²) >= 11 is 3.26. The maximum Gasteiger partial charge on any atom is 0.159 e. The number of hydrogen-bond acceptors (Lipinski definition) is 3. The van der Waals surface area contributed by atoms with Crippen LogP contribution in [-0.4, -0.2) is 16.0 Å². The Labute approximate surface area is 120 Å². The lowest BCUT2D eigenvalue weighted by molar-refractivity contribution is 0.626. The number of nitrogens with two attached hydrogens (primary N) is 1. The summed E-state index contributed by atoms with van der Waals surface area (Å²) in [6.45, 7) is 2.04. The molecule has 5 heteroatoms. The maximum absolute atomic E-state index is 13.4.